The summed E-state index contributed by atoms with van der Waals surface area (Å²) in [7, 11) is 0. The van der Waals surface area contributed by atoms with Gasteiger partial charge in [-0.2, -0.15) is 0 Å². The van der Waals surface area contributed by atoms with Gasteiger partial charge < -0.3 is 0 Å². The molecule has 0 spiro atoms. The molecule has 5 heteroatoms. The summed E-state index contributed by atoms with van der Waals surface area (Å²) >= 11 is 0. The van der Waals surface area contributed by atoms with Crippen LogP contribution in [-0.2, 0) is 0 Å². The van der Waals surface area contributed by atoms with E-state index in [1.54, 1.807) is 6.92 Å². The Hall–Kier alpha value is -2.04. The van der Waals surface area contributed by atoms with E-state index in [9.17, 15) is 9.18 Å². The fraction of sp³-hybridized carbons (Fsp3) is 0.100. The second-order valence-electron chi connectivity index (χ2n) is 3.03. The maximum atomic E-state index is 12.6. The van der Waals surface area contributed by atoms with Gasteiger partial charge in [0, 0.05) is 5.56 Å². The smallest absolute Gasteiger partial charge is 0.216 e. The molecule has 76 valence electrons. The third kappa shape index (κ3) is 1.76. The molecule has 0 aliphatic rings. The number of rotatable bonds is 2. The van der Waals surface area contributed by atoms with Crippen molar-refractivity contribution >= 4 is 5.78 Å². The third-order valence-electron chi connectivity index (χ3n) is 1.97. The number of hydrogen-bond donors (Lipinski definition) is 0. The molecule has 1 aromatic carbocycles. The van der Waals surface area contributed by atoms with Gasteiger partial charge in [0.2, 0.25) is 5.78 Å². The van der Waals surface area contributed by atoms with E-state index in [0.717, 1.165) is 0 Å². The summed E-state index contributed by atoms with van der Waals surface area (Å²) in [6, 6.07) is 5.23. The highest BCUT2D eigenvalue weighted by atomic mass is 19.1. The Kier molecular flexibility index (Phi) is 2.29. The first kappa shape index (κ1) is 9.51. The molecule has 0 unspecified atom stereocenters. The van der Waals surface area contributed by atoms with Crippen LogP contribution in [0.15, 0.2) is 28.9 Å². The number of ketones is 1. The monoisotopic (exact) mass is 206 g/mol. The maximum absolute atomic E-state index is 12.6. The van der Waals surface area contributed by atoms with Gasteiger partial charge in [-0.15, -0.1) is 0 Å². The summed E-state index contributed by atoms with van der Waals surface area (Å²) < 4.78 is 17.0. The average molecular weight is 206 g/mol. The molecule has 0 N–H and O–H groups in total. The number of hydrogen-bond acceptors (Lipinski definition) is 4. The largest absolute Gasteiger partial charge is 0.287 e. The summed E-state index contributed by atoms with van der Waals surface area (Å²) in [6.45, 7) is 1.62. The van der Waals surface area contributed by atoms with E-state index in [-0.39, 0.29) is 17.3 Å². The zero-order valence-electron chi connectivity index (χ0n) is 7.90. The van der Waals surface area contributed by atoms with E-state index in [4.69, 9.17) is 0 Å². The van der Waals surface area contributed by atoms with Gasteiger partial charge in [0.25, 0.3) is 0 Å². The number of benzene rings is 1. The summed E-state index contributed by atoms with van der Waals surface area (Å²) in [5, 5.41) is 6.98. The summed E-state index contributed by atoms with van der Waals surface area (Å²) in [6.07, 6.45) is 0. The Morgan fingerprint density at radius 3 is 2.47 bits per heavy atom. The Bertz CT molecular complexity index is 490. The summed E-state index contributed by atoms with van der Waals surface area (Å²) in [5.74, 6) is -0.713. The second kappa shape index (κ2) is 3.61. The van der Waals surface area contributed by atoms with Crippen molar-refractivity contribution in [1.29, 1.82) is 0 Å². The average Bonchev–Trinajstić information content (AvgIpc) is 2.65. The fourth-order valence-electron chi connectivity index (χ4n) is 1.18. The lowest BCUT2D eigenvalue weighted by Crippen LogP contribution is -2.03. The van der Waals surface area contributed by atoms with Crippen LogP contribution in [0, 0.1) is 12.7 Å². The minimum absolute atomic E-state index is 0.154. The molecule has 0 saturated heterocycles. The molecule has 4 nitrogen and oxygen atoms in total. The van der Waals surface area contributed by atoms with E-state index in [1.807, 2.05) is 0 Å². The predicted molar refractivity (Wildman–Crippen MR) is 48.9 cm³/mol. The number of nitrogens with zero attached hydrogens (tertiary/aromatic N) is 2. The van der Waals surface area contributed by atoms with E-state index in [2.05, 4.69) is 14.9 Å². The molecular formula is C10H7FN2O2. The Balaban J connectivity index is 2.37. The standard InChI is InChI=1S/C10H7FN2O2/c1-6-9(13-15-12-6)10(14)7-2-4-8(11)5-3-7/h2-5H,1H3. The Labute approximate surface area is 84.7 Å². The SMILES string of the molecule is Cc1nonc1C(=O)c1ccc(F)cc1. The number of aryl methyl sites for hydroxylation is 1. The zero-order chi connectivity index (χ0) is 10.8. The molecule has 0 aliphatic carbocycles. The molecule has 0 fully saturated rings. The van der Waals surface area contributed by atoms with Crippen LogP contribution in [0.2, 0.25) is 0 Å². The van der Waals surface area contributed by atoms with Crippen molar-refractivity contribution in [3.05, 3.63) is 47.0 Å². The lowest BCUT2D eigenvalue weighted by atomic mass is 10.1. The van der Waals surface area contributed by atoms with Crippen molar-refractivity contribution in [3.63, 3.8) is 0 Å². The molecule has 0 amide bonds. The highest BCUT2D eigenvalue weighted by Crippen LogP contribution is 2.10. The highest BCUT2D eigenvalue weighted by Gasteiger charge is 2.16. The molecule has 15 heavy (non-hydrogen) atoms. The van der Waals surface area contributed by atoms with E-state index < -0.39 is 0 Å². The number of halogens is 1. The van der Waals surface area contributed by atoms with Crippen molar-refractivity contribution in [2.45, 2.75) is 6.92 Å². The normalized spacial score (nSPS) is 10.3. The van der Waals surface area contributed by atoms with Crippen LogP contribution in [0.3, 0.4) is 0 Å². The minimum Gasteiger partial charge on any atom is -0.287 e. The van der Waals surface area contributed by atoms with E-state index in [1.165, 1.54) is 24.3 Å². The molecule has 1 aromatic heterocycles. The first-order valence-electron chi connectivity index (χ1n) is 4.28. The first-order chi connectivity index (χ1) is 7.18. The van der Waals surface area contributed by atoms with Crippen molar-refractivity contribution in [2.24, 2.45) is 0 Å². The van der Waals surface area contributed by atoms with Gasteiger partial charge >= 0.3 is 0 Å². The van der Waals surface area contributed by atoms with Gasteiger partial charge in [-0.1, -0.05) is 5.16 Å². The van der Waals surface area contributed by atoms with Crippen LogP contribution in [-0.4, -0.2) is 16.1 Å². The summed E-state index contributed by atoms with van der Waals surface area (Å²) in [4.78, 5) is 11.8. The minimum atomic E-state index is -0.387. The van der Waals surface area contributed by atoms with Gasteiger partial charge in [-0.05, 0) is 36.3 Å². The predicted octanol–water partition coefficient (Wildman–Crippen LogP) is 1.75. The van der Waals surface area contributed by atoms with E-state index in [0.29, 0.717) is 11.3 Å². The van der Waals surface area contributed by atoms with Gasteiger partial charge in [0.1, 0.15) is 11.5 Å². The van der Waals surface area contributed by atoms with Crippen molar-refractivity contribution in [1.82, 2.24) is 10.3 Å². The lowest BCUT2D eigenvalue weighted by molar-refractivity contribution is 0.102. The van der Waals surface area contributed by atoms with Crippen molar-refractivity contribution in [3.8, 4) is 0 Å². The Morgan fingerprint density at radius 1 is 1.27 bits per heavy atom. The van der Waals surface area contributed by atoms with Gasteiger partial charge in [-0.25, -0.2) is 9.02 Å². The zero-order valence-corrected chi connectivity index (χ0v) is 7.90. The van der Waals surface area contributed by atoms with E-state index >= 15 is 0 Å². The number of carbonyl (C=O) groups excluding carboxylic acids is 1. The van der Waals surface area contributed by atoms with Crippen molar-refractivity contribution < 1.29 is 13.8 Å². The second-order valence-corrected chi connectivity index (χ2v) is 3.03. The molecule has 2 rings (SSSR count). The lowest BCUT2D eigenvalue weighted by Gasteiger charge is -1.96. The maximum Gasteiger partial charge on any atom is 0.216 e. The van der Waals surface area contributed by atoms with Crippen LogP contribution >= 0.6 is 0 Å². The first-order valence-corrected chi connectivity index (χ1v) is 4.28. The molecule has 0 radical (unpaired) electrons. The van der Waals surface area contributed by atoms with Crippen LogP contribution in [0.5, 0.6) is 0 Å². The summed E-state index contributed by atoms with van der Waals surface area (Å²) in [5.41, 5.74) is 0.932. The number of aromatic nitrogens is 2. The molecule has 0 saturated carbocycles. The van der Waals surface area contributed by atoms with Crippen LogP contribution in [0.25, 0.3) is 0 Å². The fourth-order valence-corrected chi connectivity index (χ4v) is 1.18. The van der Waals surface area contributed by atoms with Crippen LogP contribution < -0.4 is 0 Å². The molecule has 0 aliphatic heterocycles. The Morgan fingerprint density at radius 2 is 1.93 bits per heavy atom. The molecule has 2 aromatic rings. The topological polar surface area (TPSA) is 56.0 Å². The number of carbonyl (C=O) groups is 1. The molecule has 0 bridgehead atoms. The quantitative estimate of drug-likeness (QED) is 0.702. The van der Waals surface area contributed by atoms with Crippen LogP contribution in [0.4, 0.5) is 4.39 Å². The van der Waals surface area contributed by atoms with Crippen molar-refractivity contribution in [2.75, 3.05) is 0 Å². The van der Waals surface area contributed by atoms with Gasteiger partial charge in [0.05, 0.1) is 0 Å². The van der Waals surface area contributed by atoms with Gasteiger partial charge in [-0.3, -0.25) is 4.79 Å². The van der Waals surface area contributed by atoms with Gasteiger partial charge in [0.15, 0.2) is 5.69 Å². The molecule has 1 heterocycles. The molecule has 0 atom stereocenters. The van der Waals surface area contributed by atoms with Crippen LogP contribution in [0.1, 0.15) is 21.7 Å². The third-order valence-corrected chi connectivity index (χ3v) is 1.97. The molecular weight excluding hydrogens is 199 g/mol. The highest BCUT2D eigenvalue weighted by molar-refractivity contribution is 6.08.